The molecule has 1 fully saturated rings. The molecule has 0 bridgehead atoms. The first-order valence-corrected chi connectivity index (χ1v) is 6.28. The van der Waals surface area contributed by atoms with Crippen LogP contribution < -0.4 is 0 Å². The highest BCUT2D eigenvalue weighted by Crippen LogP contribution is 2.53. The molecule has 0 unspecified atom stereocenters. The van der Waals surface area contributed by atoms with E-state index >= 15 is 0 Å². The number of halogens is 6. The topological polar surface area (TPSA) is 29.5 Å². The number of alkyl halides is 6. The fraction of sp³-hybridized carbons (Fsp3) is 0.462. The van der Waals surface area contributed by atoms with Crippen molar-refractivity contribution in [2.24, 2.45) is 0 Å². The highest BCUT2D eigenvalue weighted by atomic mass is 19.4. The summed E-state index contributed by atoms with van der Waals surface area (Å²) in [6.45, 7) is -0.661. The summed E-state index contributed by atoms with van der Waals surface area (Å²) in [5, 5.41) is 0. The summed E-state index contributed by atoms with van der Waals surface area (Å²) >= 11 is 0. The van der Waals surface area contributed by atoms with Crippen LogP contribution in [0.5, 0.6) is 0 Å². The molecular formula is C13H9F6NO2. The molecule has 0 saturated carbocycles. The summed E-state index contributed by atoms with van der Waals surface area (Å²) in [4.78, 5) is 11.7. The number of fused-ring (bicyclic) bond motifs is 2. The zero-order chi connectivity index (χ0) is 16.3. The van der Waals surface area contributed by atoms with Crippen molar-refractivity contribution in [1.82, 2.24) is 4.90 Å². The molecule has 0 radical (unpaired) electrons. The SMILES string of the molecule is O=C1OC(C(F)(F)F)(C(F)(F)F)N2Cc3ccccc3C[C@@H]12. The van der Waals surface area contributed by atoms with Gasteiger partial charge in [0, 0.05) is 6.54 Å². The molecule has 22 heavy (non-hydrogen) atoms. The number of hydrogen-bond acceptors (Lipinski definition) is 3. The molecule has 9 heteroatoms. The number of carbonyl (C=O) groups is 1. The molecule has 3 rings (SSSR count). The van der Waals surface area contributed by atoms with Crippen LogP contribution in [0.4, 0.5) is 26.3 Å². The Morgan fingerprint density at radius 2 is 1.59 bits per heavy atom. The molecule has 120 valence electrons. The van der Waals surface area contributed by atoms with Gasteiger partial charge in [-0.15, -0.1) is 0 Å². The molecule has 3 nitrogen and oxygen atoms in total. The first-order chi connectivity index (χ1) is 10.1. The molecule has 0 spiro atoms. The van der Waals surface area contributed by atoms with Crippen molar-refractivity contribution in [3.8, 4) is 0 Å². The van der Waals surface area contributed by atoms with Crippen molar-refractivity contribution < 1.29 is 35.9 Å². The van der Waals surface area contributed by atoms with Gasteiger partial charge in [0.2, 0.25) is 0 Å². The zero-order valence-corrected chi connectivity index (χ0v) is 10.8. The van der Waals surface area contributed by atoms with Crippen molar-refractivity contribution >= 4 is 5.97 Å². The first-order valence-electron chi connectivity index (χ1n) is 6.28. The molecule has 1 saturated heterocycles. The van der Waals surface area contributed by atoms with Crippen molar-refractivity contribution in [2.75, 3.05) is 0 Å². The lowest BCUT2D eigenvalue weighted by molar-refractivity contribution is -0.403. The Morgan fingerprint density at radius 3 is 2.14 bits per heavy atom. The monoisotopic (exact) mass is 325 g/mol. The van der Waals surface area contributed by atoms with Crippen LogP contribution in [0.15, 0.2) is 24.3 Å². The minimum Gasteiger partial charge on any atom is -0.423 e. The van der Waals surface area contributed by atoms with Crippen molar-refractivity contribution in [1.29, 1.82) is 0 Å². The molecule has 2 aliphatic rings. The summed E-state index contributed by atoms with van der Waals surface area (Å²) in [5.41, 5.74) is -3.73. The lowest BCUT2D eigenvalue weighted by atomic mass is 9.93. The molecular weight excluding hydrogens is 316 g/mol. The van der Waals surface area contributed by atoms with Gasteiger partial charge in [-0.2, -0.15) is 26.3 Å². The van der Waals surface area contributed by atoms with Gasteiger partial charge in [0.05, 0.1) is 0 Å². The second-order valence-corrected chi connectivity index (χ2v) is 5.18. The molecule has 0 aliphatic carbocycles. The Labute approximate surface area is 120 Å². The number of ether oxygens (including phenoxy) is 1. The maximum absolute atomic E-state index is 13.2. The van der Waals surface area contributed by atoms with Gasteiger partial charge in [0.15, 0.2) is 0 Å². The van der Waals surface area contributed by atoms with E-state index in [0.717, 1.165) is 0 Å². The Balaban J connectivity index is 2.14. The molecule has 2 heterocycles. The molecule has 1 atom stereocenters. The van der Waals surface area contributed by atoms with E-state index in [2.05, 4.69) is 4.74 Å². The lowest BCUT2D eigenvalue weighted by Gasteiger charge is -2.41. The predicted molar refractivity (Wildman–Crippen MR) is 60.4 cm³/mol. The number of rotatable bonds is 0. The van der Waals surface area contributed by atoms with Crippen molar-refractivity contribution in [3.05, 3.63) is 35.4 Å². The highest BCUT2D eigenvalue weighted by molar-refractivity contribution is 5.79. The largest absolute Gasteiger partial charge is 0.453 e. The first kappa shape index (κ1) is 15.1. The van der Waals surface area contributed by atoms with Gasteiger partial charge in [0.25, 0.3) is 0 Å². The Morgan fingerprint density at radius 1 is 1.05 bits per heavy atom. The third-order valence-corrected chi connectivity index (χ3v) is 3.94. The van der Waals surface area contributed by atoms with Crippen molar-refractivity contribution in [2.45, 2.75) is 37.1 Å². The van der Waals surface area contributed by atoms with E-state index in [4.69, 9.17) is 0 Å². The molecule has 0 N–H and O–H groups in total. The third-order valence-electron chi connectivity index (χ3n) is 3.94. The van der Waals surface area contributed by atoms with Gasteiger partial charge in [-0.25, -0.2) is 4.90 Å². The number of nitrogens with zero attached hydrogens (tertiary/aromatic N) is 1. The minimum absolute atomic E-state index is 0.0671. The molecule has 2 aliphatic heterocycles. The summed E-state index contributed by atoms with van der Waals surface area (Å²) in [7, 11) is 0. The average molecular weight is 325 g/mol. The quantitative estimate of drug-likeness (QED) is 0.543. The van der Waals surface area contributed by atoms with Crippen LogP contribution in [0.1, 0.15) is 11.1 Å². The number of cyclic esters (lactones) is 1. The predicted octanol–water partition coefficient (Wildman–Crippen LogP) is 2.79. The van der Waals surface area contributed by atoms with Crippen LogP contribution in [0.3, 0.4) is 0 Å². The summed E-state index contributed by atoms with van der Waals surface area (Å²) < 4.78 is 83.1. The summed E-state index contributed by atoms with van der Waals surface area (Å²) in [6, 6.07) is 4.53. The Hall–Kier alpha value is -1.77. The second kappa shape index (κ2) is 4.37. The minimum atomic E-state index is -5.79. The average Bonchev–Trinajstić information content (AvgIpc) is 2.70. The van der Waals surface area contributed by atoms with Gasteiger partial charge in [-0.3, -0.25) is 4.79 Å². The van der Waals surface area contributed by atoms with E-state index in [9.17, 15) is 31.1 Å². The van der Waals surface area contributed by atoms with Crippen LogP contribution in [-0.4, -0.2) is 35.0 Å². The molecule has 1 aromatic carbocycles. The number of hydrogen-bond donors (Lipinski definition) is 0. The summed E-state index contributed by atoms with van der Waals surface area (Å²) in [6.07, 6.45) is -11.8. The van der Waals surface area contributed by atoms with E-state index in [-0.39, 0.29) is 11.3 Å². The maximum Gasteiger partial charge on any atom is 0.453 e. The lowest BCUT2D eigenvalue weighted by Crippen LogP contribution is -2.67. The van der Waals surface area contributed by atoms with Crippen LogP contribution in [0.2, 0.25) is 0 Å². The van der Waals surface area contributed by atoms with E-state index in [1.807, 2.05) is 0 Å². The molecule has 0 aromatic heterocycles. The van der Waals surface area contributed by atoms with Crippen LogP contribution >= 0.6 is 0 Å². The van der Waals surface area contributed by atoms with E-state index in [1.54, 1.807) is 12.1 Å². The van der Waals surface area contributed by atoms with Gasteiger partial charge >= 0.3 is 24.0 Å². The van der Waals surface area contributed by atoms with E-state index < -0.39 is 36.6 Å². The Bertz CT molecular complexity index is 610. The van der Waals surface area contributed by atoms with Gasteiger partial charge in [-0.1, -0.05) is 24.3 Å². The zero-order valence-electron chi connectivity index (χ0n) is 10.8. The van der Waals surface area contributed by atoms with Crippen molar-refractivity contribution in [3.63, 3.8) is 0 Å². The molecule has 1 aromatic rings. The van der Waals surface area contributed by atoms with Crippen LogP contribution in [0.25, 0.3) is 0 Å². The van der Waals surface area contributed by atoms with E-state index in [0.29, 0.717) is 11.1 Å². The van der Waals surface area contributed by atoms with Gasteiger partial charge < -0.3 is 4.74 Å². The van der Waals surface area contributed by atoms with Crippen LogP contribution in [0, 0.1) is 0 Å². The Kier molecular flexibility index (Phi) is 3.01. The third kappa shape index (κ3) is 1.84. The fourth-order valence-electron chi connectivity index (χ4n) is 2.94. The standard InChI is InChI=1S/C13H9F6NO2/c14-12(15,16)11(13(17,18)19)20-6-8-4-2-1-3-7(8)5-9(20)10(21)22-11/h1-4,9H,5-6H2/t9-/m0/s1. The van der Waals surface area contributed by atoms with Crippen LogP contribution in [-0.2, 0) is 22.5 Å². The van der Waals surface area contributed by atoms with Gasteiger partial charge in [-0.05, 0) is 17.5 Å². The number of esters is 1. The second-order valence-electron chi connectivity index (χ2n) is 5.18. The number of benzene rings is 1. The maximum atomic E-state index is 13.2. The van der Waals surface area contributed by atoms with Gasteiger partial charge in [0.1, 0.15) is 6.04 Å². The van der Waals surface area contributed by atoms with E-state index in [1.165, 1.54) is 12.1 Å². The number of carbonyl (C=O) groups excluding carboxylic acids is 1. The fourth-order valence-corrected chi connectivity index (χ4v) is 2.94. The highest BCUT2D eigenvalue weighted by Gasteiger charge is 2.82. The summed E-state index contributed by atoms with van der Waals surface area (Å²) in [5.74, 6) is -1.51. The smallest absolute Gasteiger partial charge is 0.423 e. The molecule has 0 amide bonds. The normalized spacial score (nSPS) is 24.6.